The van der Waals surface area contributed by atoms with E-state index in [1.54, 1.807) is 19.1 Å². The van der Waals surface area contributed by atoms with E-state index in [9.17, 15) is 13.2 Å². The van der Waals surface area contributed by atoms with Gasteiger partial charge in [-0.2, -0.15) is 0 Å². The van der Waals surface area contributed by atoms with Crippen LogP contribution in [0.5, 0.6) is 0 Å². The van der Waals surface area contributed by atoms with Crippen LogP contribution in [0, 0.1) is 0 Å². The molecular formula is C12H16ClNO4S. The van der Waals surface area contributed by atoms with Crippen molar-refractivity contribution in [2.24, 2.45) is 0 Å². The van der Waals surface area contributed by atoms with Crippen LogP contribution in [0.2, 0.25) is 5.02 Å². The third-order valence-electron chi connectivity index (χ3n) is 2.43. The Labute approximate surface area is 117 Å². The molecule has 106 valence electrons. The number of amides is 1. The lowest BCUT2D eigenvalue weighted by Crippen LogP contribution is -2.35. The first-order valence-corrected chi connectivity index (χ1v) is 7.76. The quantitative estimate of drug-likeness (QED) is 0.821. The van der Waals surface area contributed by atoms with Crippen LogP contribution >= 0.6 is 11.6 Å². The summed E-state index contributed by atoms with van der Waals surface area (Å²) in [5.41, 5.74) is 0. The summed E-state index contributed by atoms with van der Waals surface area (Å²) in [7, 11) is -3.53. The molecule has 1 atom stereocenters. The molecule has 0 aliphatic carbocycles. The Kier molecular flexibility index (Phi) is 5.78. The van der Waals surface area contributed by atoms with Gasteiger partial charge < -0.3 is 10.4 Å². The van der Waals surface area contributed by atoms with Crippen molar-refractivity contribution in [2.45, 2.75) is 24.3 Å². The summed E-state index contributed by atoms with van der Waals surface area (Å²) in [5, 5.41) is 11.6. The maximum absolute atomic E-state index is 12.0. The molecule has 0 radical (unpaired) electrons. The number of aliphatic hydroxyl groups is 1. The van der Waals surface area contributed by atoms with Crippen molar-refractivity contribution in [2.75, 3.05) is 12.4 Å². The highest BCUT2D eigenvalue weighted by Gasteiger charge is 2.17. The van der Waals surface area contributed by atoms with Gasteiger partial charge in [0.05, 0.1) is 17.3 Å². The van der Waals surface area contributed by atoms with Crippen molar-refractivity contribution in [3.8, 4) is 0 Å². The average Bonchev–Trinajstić information content (AvgIpc) is 2.36. The highest BCUT2D eigenvalue weighted by atomic mass is 35.5. The molecule has 0 aromatic heterocycles. The van der Waals surface area contributed by atoms with Gasteiger partial charge in [-0.25, -0.2) is 8.42 Å². The van der Waals surface area contributed by atoms with Gasteiger partial charge in [-0.1, -0.05) is 17.7 Å². The van der Waals surface area contributed by atoms with Crippen molar-refractivity contribution in [1.82, 2.24) is 5.32 Å². The molecule has 0 bridgehead atoms. The summed E-state index contributed by atoms with van der Waals surface area (Å²) in [6.45, 7) is 1.44. The lowest BCUT2D eigenvalue weighted by Gasteiger charge is -2.10. The van der Waals surface area contributed by atoms with E-state index in [4.69, 9.17) is 16.7 Å². The van der Waals surface area contributed by atoms with E-state index in [-0.39, 0.29) is 29.7 Å². The van der Waals surface area contributed by atoms with Gasteiger partial charge in [0.2, 0.25) is 5.91 Å². The molecule has 5 nitrogen and oxygen atoms in total. The fourth-order valence-corrected chi connectivity index (χ4v) is 2.94. The van der Waals surface area contributed by atoms with Gasteiger partial charge >= 0.3 is 0 Å². The van der Waals surface area contributed by atoms with Crippen LogP contribution in [-0.4, -0.2) is 37.8 Å². The first-order chi connectivity index (χ1) is 8.85. The number of hydrogen-bond acceptors (Lipinski definition) is 4. The Morgan fingerprint density at radius 3 is 2.74 bits per heavy atom. The van der Waals surface area contributed by atoms with Crippen LogP contribution in [0.3, 0.4) is 0 Å². The summed E-state index contributed by atoms with van der Waals surface area (Å²) in [6, 6.07) is 5.53. The number of benzene rings is 1. The van der Waals surface area contributed by atoms with E-state index in [1.165, 1.54) is 12.1 Å². The zero-order valence-corrected chi connectivity index (χ0v) is 12.0. The van der Waals surface area contributed by atoms with Gasteiger partial charge in [0, 0.05) is 17.5 Å². The lowest BCUT2D eigenvalue weighted by atomic mass is 10.3. The van der Waals surface area contributed by atoms with Crippen molar-refractivity contribution in [1.29, 1.82) is 0 Å². The van der Waals surface area contributed by atoms with Crippen LogP contribution in [0.25, 0.3) is 0 Å². The Morgan fingerprint density at radius 2 is 2.16 bits per heavy atom. The minimum Gasteiger partial charge on any atom is -0.394 e. The highest BCUT2D eigenvalue weighted by molar-refractivity contribution is 7.91. The van der Waals surface area contributed by atoms with E-state index in [2.05, 4.69) is 5.32 Å². The molecule has 0 aliphatic rings. The summed E-state index contributed by atoms with van der Waals surface area (Å²) in [6.07, 6.45) is -0.154. The predicted octanol–water partition coefficient (Wildman–Crippen LogP) is 1.00. The van der Waals surface area contributed by atoms with Crippen molar-refractivity contribution in [3.05, 3.63) is 29.3 Å². The average molecular weight is 306 g/mol. The molecule has 0 saturated carbocycles. The van der Waals surface area contributed by atoms with Gasteiger partial charge in [-0.05, 0) is 25.1 Å². The smallest absolute Gasteiger partial charge is 0.221 e. The van der Waals surface area contributed by atoms with Gasteiger partial charge in [-0.15, -0.1) is 0 Å². The summed E-state index contributed by atoms with van der Waals surface area (Å²) >= 11 is 5.73. The van der Waals surface area contributed by atoms with Crippen LogP contribution < -0.4 is 5.32 Å². The van der Waals surface area contributed by atoms with Gasteiger partial charge in [0.25, 0.3) is 0 Å². The van der Waals surface area contributed by atoms with E-state index in [1.807, 2.05) is 0 Å². The number of sulfone groups is 1. The second-order valence-corrected chi connectivity index (χ2v) is 6.72. The molecule has 1 aromatic carbocycles. The molecule has 2 N–H and O–H groups in total. The number of nitrogens with one attached hydrogen (secondary N) is 1. The molecule has 1 aromatic rings. The Balaban J connectivity index is 2.64. The third-order valence-corrected chi connectivity index (χ3v) is 4.38. The summed E-state index contributed by atoms with van der Waals surface area (Å²) in [5.74, 6) is -0.704. The maximum atomic E-state index is 12.0. The number of aliphatic hydroxyl groups excluding tert-OH is 1. The third kappa shape index (κ3) is 5.18. The van der Waals surface area contributed by atoms with Crippen LogP contribution in [0.15, 0.2) is 29.2 Å². The topological polar surface area (TPSA) is 83.5 Å². The van der Waals surface area contributed by atoms with E-state index in [0.29, 0.717) is 5.02 Å². The van der Waals surface area contributed by atoms with Crippen LogP contribution in [0.1, 0.15) is 13.3 Å². The second kappa shape index (κ2) is 6.88. The zero-order chi connectivity index (χ0) is 14.5. The minimum atomic E-state index is -3.53. The van der Waals surface area contributed by atoms with E-state index >= 15 is 0 Å². The molecule has 1 amide bonds. The van der Waals surface area contributed by atoms with Crippen LogP contribution in [-0.2, 0) is 14.6 Å². The number of halogens is 1. The largest absolute Gasteiger partial charge is 0.394 e. The zero-order valence-electron chi connectivity index (χ0n) is 10.5. The molecule has 1 unspecified atom stereocenters. The molecule has 19 heavy (non-hydrogen) atoms. The predicted molar refractivity (Wildman–Crippen MR) is 72.8 cm³/mol. The lowest BCUT2D eigenvalue weighted by molar-refractivity contribution is -0.121. The van der Waals surface area contributed by atoms with Gasteiger partial charge in [-0.3, -0.25) is 4.79 Å². The monoisotopic (exact) mass is 305 g/mol. The molecular weight excluding hydrogens is 290 g/mol. The summed E-state index contributed by atoms with van der Waals surface area (Å²) in [4.78, 5) is 11.5. The van der Waals surface area contributed by atoms with E-state index in [0.717, 1.165) is 0 Å². The molecule has 1 rings (SSSR count). The van der Waals surface area contributed by atoms with Crippen molar-refractivity contribution >= 4 is 27.3 Å². The standard InChI is InChI=1S/C12H16ClNO4S/c1-9(8-15)14-12(16)5-6-19(17,18)11-4-2-3-10(13)7-11/h2-4,7,9,15H,5-6,8H2,1H3,(H,14,16). The molecule has 0 fully saturated rings. The summed E-state index contributed by atoms with van der Waals surface area (Å²) < 4.78 is 23.9. The van der Waals surface area contributed by atoms with Crippen LogP contribution in [0.4, 0.5) is 0 Å². The molecule has 0 heterocycles. The number of carbonyl (C=O) groups is 1. The number of rotatable bonds is 6. The van der Waals surface area contributed by atoms with E-state index < -0.39 is 15.7 Å². The van der Waals surface area contributed by atoms with Gasteiger partial charge in [0.1, 0.15) is 0 Å². The highest BCUT2D eigenvalue weighted by Crippen LogP contribution is 2.17. The van der Waals surface area contributed by atoms with Gasteiger partial charge in [0.15, 0.2) is 9.84 Å². The number of hydrogen-bond donors (Lipinski definition) is 2. The Hall–Kier alpha value is -1.11. The number of carbonyl (C=O) groups excluding carboxylic acids is 1. The fraction of sp³-hybridized carbons (Fsp3) is 0.417. The first-order valence-electron chi connectivity index (χ1n) is 5.73. The molecule has 7 heteroatoms. The van der Waals surface area contributed by atoms with Crippen molar-refractivity contribution in [3.63, 3.8) is 0 Å². The molecule has 0 aliphatic heterocycles. The minimum absolute atomic E-state index is 0.100. The second-order valence-electron chi connectivity index (χ2n) is 4.18. The SMILES string of the molecule is CC(CO)NC(=O)CCS(=O)(=O)c1cccc(Cl)c1. The van der Waals surface area contributed by atoms with Crippen molar-refractivity contribution < 1.29 is 18.3 Å². The Bertz CT molecular complexity index is 544. The first kappa shape index (κ1) is 15.9. The normalized spacial score (nSPS) is 13.0. The Morgan fingerprint density at radius 1 is 1.47 bits per heavy atom. The maximum Gasteiger partial charge on any atom is 0.221 e. The molecule has 0 spiro atoms. The molecule has 0 saturated heterocycles. The fourth-order valence-electron chi connectivity index (χ4n) is 1.40.